The number of aliphatic hydroxyl groups excluding tert-OH is 1. The molecule has 1 aromatic rings. The number of methoxy groups -OCH3 is 1. The molecule has 0 saturated heterocycles. The lowest BCUT2D eigenvalue weighted by atomic mass is 9.93. The normalized spacial score (nSPS) is 11.3. The van der Waals surface area contributed by atoms with Crippen molar-refractivity contribution in [1.82, 2.24) is 0 Å². The van der Waals surface area contributed by atoms with Gasteiger partial charge in [-0.2, -0.15) is 0 Å². The number of esters is 1. The largest absolute Gasteiger partial charge is 0.507 e. The molecule has 0 atom stereocenters. The van der Waals surface area contributed by atoms with Gasteiger partial charge in [-0.05, 0) is 49.9 Å². The van der Waals surface area contributed by atoms with Crippen molar-refractivity contribution in [1.29, 1.82) is 0 Å². The molecule has 0 saturated carbocycles. The zero-order valence-electron chi connectivity index (χ0n) is 11.8. The molecule has 19 heavy (non-hydrogen) atoms. The molecule has 0 amide bonds. The Labute approximate surface area is 112 Å². The Morgan fingerprint density at radius 3 is 2.00 bits per heavy atom. The maximum Gasteiger partial charge on any atom is 0.378 e. The molecule has 0 aliphatic heterocycles. The first-order valence-corrected chi connectivity index (χ1v) is 5.90. The topological polar surface area (TPSA) is 63.6 Å². The fourth-order valence-electron chi connectivity index (χ4n) is 1.96. The minimum atomic E-state index is -0.994. The maximum absolute atomic E-state index is 11.4. The van der Waals surface area contributed by atoms with E-state index in [0.29, 0.717) is 5.56 Å². The third-order valence-electron chi connectivity index (χ3n) is 3.28. The third-order valence-corrected chi connectivity index (χ3v) is 3.28. The van der Waals surface area contributed by atoms with E-state index in [2.05, 4.69) is 4.74 Å². The van der Waals surface area contributed by atoms with Gasteiger partial charge in [0.2, 0.25) is 0 Å². The second kappa shape index (κ2) is 5.69. The molecule has 4 heteroatoms. The van der Waals surface area contributed by atoms with Crippen LogP contribution in [0.1, 0.15) is 27.8 Å². The lowest BCUT2D eigenvalue weighted by Crippen LogP contribution is -2.13. The van der Waals surface area contributed by atoms with E-state index in [1.807, 2.05) is 33.8 Å². The summed E-state index contributed by atoms with van der Waals surface area (Å²) in [6.45, 7) is 7.59. The number of carbonyl (C=O) groups excluding carboxylic acids is 2. The first-order chi connectivity index (χ1) is 8.79. The highest BCUT2D eigenvalue weighted by Crippen LogP contribution is 2.26. The number of rotatable bonds is 3. The van der Waals surface area contributed by atoms with Gasteiger partial charge in [-0.15, -0.1) is 0 Å². The molecule has 1 aromatic carbocycles. The van der Waals surface area contributed by atoms with E-state index >= 15 is 0 Å². The Kier molecular flexibility index (Phi) is 4.48. The fourth-order valence-corrected chi connectivity index (χ4v) is 1.96. The van der Waals surface area contributed by atoms with Crippen molar-refractivity contribution < 1.29 is 19.4 Å². The highest BCUT2D eigenvalue weighted by molar-refractivity contribution is 6.39. The summed E-state index contributed by atoms with van der Waals surface area (Å²) in [6, 6.07) is 2.02. The summed E-state index contributed by atoms with van der Waals surface area (Å²) < 4.78 is 4.31. The predicted molar refractivity (Wildman–Crippen MR) is 73.0 cm³/mol. The van der Waals surface area contributed by atoms with Crippen LogP contribution in [0, 0.1) is 27.7 Å². The Hall–Kier alpha value is -2.10. The van der Waals surface area contributed by atoms with Crippen LogP contribution in [0.3, 0.4) is 0 Å². The number of carbonyl (C=O) groups is 2. The molecule has 1 N–H and O–H groups in total. The van der Waals surface area contributed by atoms with Crippen LogP contribution < -0.4 is 0 Å². The average molecular weight is 262 g/mol. The summed E-state index contributed by atoms with van der Waals surface area (Å²) in [7, 11) is 1.12. The molecule has 0 bridgehead atoms. The van der Waals surface area contributed by atoms with E-state index in [-0.39, 0.29) is 5.76 Å². The summed E-state index contributed by atoms with van der Waals surface area (Å²) in [4.78, 5) is 22.5. The number of benzene rings is 1. The van der Waals surface area contributed by atoms with Gasteiger partial charge in [0.05, 0.1) is 7.11 Å². The smallest absolute Gasteiger partial charge is 0.378 e. The van der Waals surface area contributed by atoms with Gasteiger partial charge in [-0.1, -0.05) is 6.07 Å². The lowest BCUT2D eigenvalue weighted by Gasteiger charge is -2.14. The molecular formula is C15H18O4. The van der Waals surface area contributed by atoms with Crippen LogP contribution in [0.2, 0.25) is 0 Å². The second-order valence-electron chi connectivity index (χ2n) is 4.52. The minimum Gasteiger partial charge on any atom is -0.507 e. The number of ketones is 1. The molecule has 0 aromatic heterocycles. The SMILES string of the molecule is COC(=O)C(=O)/C=C(\O)c1c(C)c(C)cc(C)c1C. The van der Waals surface area contributed by atoms with Crippen LogP contribution in [-0.2, 0) is 14.3 Å². The van der Waals surface area contributed by atoms with Crippen LogP contribution in [0.4, 0.5) is 0 Å². The van der Waals surface area contributed by atoms with Crippen LogP contribution in [0.5, 0.6) is 0 Å². The van der Waals surface area contributed by atoms with Gasteiger partial charge in [0, 0.05) is 11.6 Å². The van der Waals surface area contributed by atoms with Crippen LogP contribution >= 0.6 is 0 Å². The van der Waals surface area contributed by atoms with E-state index < -0.39 is 11.8 Å². The van der Waals surface area contributed by atoms with E-state index in [1.165, 1.54) is 0 Å². The van der Waals surface area contributed by atoms with Gasteiger partial charge in [-0.3, -0.25) is 4.79 Å². The van der Waals surface area contributed by atoms with Gasteiger partial charge >= 0.3 is 5.97 Å². The zero-order chi connectivity index (χ0) is 14.7. The highest BCUT2D eigenvalue weighted by Gasteiger charge is 2.16. The molecule has 4 nitrogen and oxygen atoms in total. The Balaban J connectivity index is 3.35. The fraction of sp³-hybridized carbons (Fsp3) is 0.333. The molecular weight excluding hydrogens is 244 g/mol. The monoisotopic (exact) mass is 262 g/mol. The summed E-state index contributed by atoms with van der Waals surface area (Å²) in [5.74, 6) is -2.08. The second-order valence-corrected chi connectivity index (χ2v) is 4.52. The molecule has 102 valence electrons. The summed E-state index contributed by atoms with van der Waals surface area (Å²) in [6.07, 6.45) is 0.903. The maximum atomic E-state index is 11.4. The molecule has 1 rings (SSSR count). The standard InChI is InChI=1S/C15H18O4/c1-8-6-9(2)11(4)14(10(8)3)12(16)7-13(17)15(18)19-5/h6-7,16H,1-5H3/b12-7-. The molecule has 0 radical (unpaired) electrons. The molecule has 0 heterocycles. The van der Waals surface area contributed by atoms with Gasteiger partial charge in [-0.25, -0.2) is 4.79 Å². The average Bonchev–Trinajstić information content (AvgIpc) is 2.35. The molecule has 0 aliphatic rings. The van der Waals surface area contributed by atoms with Crippen molar-refractivity contribution in [3.05, 3.63) is 40.0 Å². The lowest BCUT2D eigenvalue weighted by molar-refractivity contribution is -0.149. The quantitative estimate of drug-likeness (QED) is 0.393. The Bertz CT molecular complexity index is 542. The first kappa shape index (κ1) is 15.0. The van der Waals surface area contributed by atoms with E-state index in [4.69, 9.17) is 0 Å². The van der Waals surface area contributed by atoms with Gasteiger partial charge in [0.25, 0.3) is 5.78 Å². The number of hydrogen-bond acceptors (Lipinski definition) is 4. The molecule has 0 spiro atoms. The number of ether oxygens (including phenoxy) is 1. The van der Waals surface area contributed by atoms with Gasteiger partial charge in [0.15, 0.2) is 0 Å². The summed E-state index contributed by atoms with van der Waals surface area (Å²) >= 11 is 0. The number of aliphatic hydroxyl groups is 1. The van der Waals surface area contributed by atoms with Crippen molar-refractivity contribution >= 4 is 17.5 Å². The van der Waals surface area contributed by atoms with Gasteiger partial charge in [0.1, 0.15) is 5.76 Å². The minimum absolute atomic E-state index is 0.211. The molecule has 0 unspecified atom stereocenters. The number of aryl methyl sites for hydroxylation is 2. The molecule has 0 aliphatic carbocycles. The van der Waals surface area contributed by atoms with Crippen LogP contribution in [-0.4, -0.2) is 24.0 Å². The van der Waals surface area contributed by atoms with E-state index in [9.17, 15) is 14.7 Å². The highest BCUT2D eigenvalue weighted by atomic mass is 16.5. The number of hydrogen-bond donors (Lipinski definition) is 1. The zero-order valence-corrected chi connectivity index (χ0v) is 11.8. The van der Waals surface area contributed by atoms with Gasteiger partial charge < -0.3 is 9.84 Å². The predicted octanol–water partition coefficient (Wildman–Crippen LogP) is 2.56. The van der Waals surface area contributed by atoms with E-state index in [0.717, 1.165) is 35.4 Å². The van der Waals surface area contributed by atoms with Crippen molar-refractivity contribution in [2.45, 2.75) is 27.7 Å². The van der Waals surface area contributed by atoms with Crippen molar-refractivity contribution in [2.75, 3.05) is 7.11 Å². The summed E-state index contributed by atoms with van der Waals surface area (Å²) in [5, 5.41) is 10.1. The van der Waals surface area contributed by atoms with Crippen molar-refractivity contribution in [3.63, 3.8) is 0 Å². The van der Waals surface area contributed by atoms with Crippen LogP contribution in [0.25, 0.3) is 5.76 Å². The van der Waals surface area contributed by atoms with Crippen molar-refractivity contribution in [2.24, 2.45) is 0 Å². The van der Waals surface area contributed by atoms with Crippen LogP contribution in [0.15, 0.2) is 12.1 Å². The van der Waals surface area contributed by atoms with Crippen molar-refractivity contribution in [3.8, 4) is 0 Å². The molecule has 0 fully saturated rings. The third kappa shape index (κ3) is 3.02. The Morgan fingerprint density at radius 1 is 1.11 bits per heavy atom. The summed E-state index contributed by atoms with van der Waals surface area (Å²) in [5.41, 5.74) is 4.39. The van der Waals surface area contributed by atoms with E-state index in [1.54, 1.807) is 0 Å². The Morgan fingerprint density at radius 2 is 1.58 bits per heavy atom. The first-order valence-electron chi connectivity index (χ1n) is 5.90.